The molecule has 4 rings (SSSR count). The molecule has 25 heavy (non-hydrogen) atoms. The van der Waals surface area contributed by atoms with Crippen molar-refractivity contribution < 1.29 is 9.53 Å². The number of amides is 1. The number of aromatic nitrogens is 2. The first-order valence-corrected chi connectivity index (χ1v) is 9.05. The number of rotatable bonds is 5. The van der Waals surface area contributed by atoms with E-state index in [-0.39, 0.29) is 18.0 Å². The Labute approximate surface area is 146 Å². The van der Waals surface area contributed by atoms with Gasteiger partial charge < -0.3 is 15.0 Å². The molecule has 2 heterocycles. The zero-order valence-corrected chi connectivity index (χ0v) is 14.3. The third-order valence-electron chi connectivity index (χ3n) is 5.46. The van der Waals surface area contributed by atoms with E-state index in [1.165, 1.54) is 17.2 Å². The standard InChI is InChI=1S/C18H24N4O3/c23-17(19-11-15-10-13-1-2-14(15)9-13)12-22-18(24)4-3-16(20-22)21-5-7-25-8-6-21/h1-4,13-15H,5-12H2,(H,19,23)/t13-,14+,15-/m0/s1. The summed E-state index contributed by atoms with van der Waals surface area (Å²) in [6.45, 7) is 3.44. The second-order valence-electron chi connectivity index (χ2n) is 7.13. The van der Waals surface area contributed by atoms with Gasteiger partial charge in [-0.15, -0.1) is 0 Å². The lowest BCUT2D eigenvalue weighted by molar-refractivity contribution is -0.122. The zero-order chi connectivity index (χ0) is 17.2. The number of carbonyl (C=O) groups excluding carboxylic acids is 1. The molecule has 1 aromatic rings. The zero-order valence-electron chi connectivity index (χ0n) is 14.3. The first-order valence-electron chi connectivity index (χ1n) is 9.05. The monoisotopic (exact) mass is 344 g/mol. The van der Waals surface area contributed by atoms with Gasteiger partial charge in [0, 0.05) is 25.7 Å². The van der Waals surface area contributed by atoms with Crippen LogP contribution in [0.5, 0.6) is 0 Å². The number of hydrogen-bond donors (Lipinski definition) is 1. The van der Waals surface area contributed by atoms with Gasteiger partial charge in [0.1, 0.15) is 12.4 Å². The molecule has 2 bridgehead atoms. The highest BCUT2D eigenvalue weighted by Crippen LogP contribution is 2.42. The van der Waals surface area contributed by atoms with Crippen molar-refractivity contribution >= 4 is 11.7 Å². The van der Waals surface area contributed by atoms with Crippen molar-refractivity contribution in [2.75, 3.05) is 37.7 Å². The second kappa shape index (κ2) is 7.00. The number of ether oxygens (including phenoxy) is 1. The van der Waals surface area contributed by atoms with Gasteiger partial charge in [-0.05, 0) is 36.7 Å². The summed E-state index contributed by atoms with van der Waals surface area (Å²) >= 11 is 0. The van der Waals surface area contributed by atoms with Crippen LogP contribution < -0.4 is 15.8 Å². The van der Waals surface area contributed by atoms with E-state index in [1.54, 1.807) is 6.07 Å². The number of nitrogens with one attached hydrogen (secondary N) is 1. The lowest BCUT2D eigenvalue weighted by Crippen LogP contribution is -2.40. The van der Waals surface area contributed by atoms with E-state index < -0.39 is 0 Å². The molecule has 3 aliphatic rings. The lowest BCUT2D eigenvalue weighted by Gasteiger charge is -2.27. The number of morpholine rings is 1. The Morgan fingerprint density at radius 3 is 2.80 bits per heavy atom. The van der Waals surface area contributed by atoms with Crippen molar-refractivity contribution in [3.8, 4) is 0 Å². The summed E-state index contributed by atoms with van der Waals surface area (Å²) in [6.07, 6.45) is 6.96. The minimum Gasteiger partial charge on any atom is -0.378 e. The summed E-state index contributed by atoms with van der Waals surface area (Å²) in [4.78, 5) is 26.3. The first kappa shape index (κ1) is 16.3. The number of anilines is 1. The average Bonchev–Trinajstić information content (AvgIpc) is 3.26. The van der Waals surface area contributed by atoms with Crippen molar-refractivity contribution in [3.63, 3.8) is 0 Å². The number of allylic oxidation sites excluding steroid dienone is 2. The Kier molecular flexibility index (Phi) is 4.57. The maximum atomic E-state index is 12.3. The fourth-order valence-electron chi connectivity index (χ4n) is 4.08. The Bertz CT molecular complexity index is 723. The highest BCUT2D eigenvalue weighted by atomic mass is 16.5. The molecule has 1 saturated heterocycles. The fourth-order valence-corrected chi connectivity index (χ4v) is 4.08. The van der Waals surface area contributed by atoms with Gasteiger partial charge in [0.2, 0.25) is 5.91 Å². The van der Waals surface area contributed by atoms with Gasteiger partial charge in [-0.1, -0.05) is 12.2 Å². The highest BCUT2D eigenvalue weighted by Gasteiger charge is 2.35. The Balaban J connectivity index is 1.35. The first-order chi connectivity index (χ1) is 12.2. The van der Waals surface area contributed by atoms with E-state index >= 15 is 0 Å². The van der Waals surface area contributed by atoms with E-state index in [0.29, 0.717) is 43.3 Å². The van der Waals surface area contributed by atoms with Crippen LogP contribution in [0.25, 0.3) is 0 Å². The number of nitrogens with zero attached hydrogens (tertiary/aromatic N) is 3. The average molecular weight is 344 g/mol. The molecule has 1 aliphatic heterocycles. The summed E-state index contributed by atoms with van der Waals surface area (Å²) in [7, 11) is 0. The van der Waals surface area contributed by atoms with Gasteiger partial charge in [0.05, 0.1) is 13.2 Å². The van der Waals surface area contributed by atoms with E-state index in [0.717, 1.165) is 19.5 Å². The van der Waals surface area contributed by atoms with Crippen LogP contribution in [0.3, 0.4) is 0 Å². The summed E-state index contributed by atoms with van der Waals surface area (Å²) in [5, 5.41) is 7.33. The smallest absolute Gasteiger partial charge is 0.267 e. The molecule has 7 heteroatoms. The van der Waals surface area contributed by atoms with Gasteiger partial charge in [-0.2, -0.15) is 5.10 Å². The molecule has 1 aromatic heterocycles. The third-order valence-corrected chi connectivity index (χ3v) is 5.46. The topological polar surface area (TPSA) is 76.5 Å². The van der Waals surface area contributed by atoms with Crippen molar-refractivity contribution in [1.82, 2.24) is 15.1 Å². The number of carbonyl (C=O) groups is 1. The van der Waals surface area contributed by atoms with Crippen LogP contribution >= 0.6 is 0 Å². The molecule has 2 aliphatic carbocycles. The van der Waals surface area contributed by atoms with Crippen LogP contribution in [-0.2, 0) is 16.1 Å². The van der Waals surface area contributed by atoms with Gasteiger partial charge in [0.15, 0.2) is 0 Å². The molecule has 1 N–H and O–H groups in total. The molecule has 0 radical (unpaired) electrons. The minimum absolute atomic E-state index is 0.0341. The normalized spacial score (nSPS) is 27.7. The molecular formula is C18H24N4O3. The molecule has 134 valence electrons. The van der Waals surface area contributed by atoms with Gasteiger partial charge in [-0.3, -0.25) is 9.59 Å². The maximum Gasteiger partial charge on any atom is 0.267 e. The van der Waals surface area contributed by atoms with Crippen LogP contribution in [0.4, 0.5) is 5.82 Å². The van der Waals surface area contributed by atoms with Crippen molar-refractivity contribution in [2.45, 2.75) is 19.4 Å². The third kappa shape index (κ3) is 3.61. The molecule has 2 fully saturated rings. The predicted octanol–water partition coefficient (Wildman–Crippen LogP) is 0.408. The molecular weight excluding hydrogens is 320 g/mol. The van der Waals surface area contributed by atoms with Crippen molar-refractivity contribution in [1.29, 1.82) is 0 Å². The number of hydrogen-bond acceptors (Lipinski definition) is 5. The lowest BCUT2D eigenvalue weighted by atomic mass is 9.94. The van der Waals surface area contributed by atoms with Crippen LogP contribution in [-0.4, -0.2) is 48.5 Å². The largest absolute Gasteiger partial charge is 0.378 e. The second-order valence-corrected chi connectivity index (χ2v) is 7.13. The molecule has 3 atom stereocenters. The van der Waals surface area contributed by atoms with E-state index in [2.05, 4.69) is 27.5 Å². The van der Waals surface area contributed by atoms with Crippen LogP contribution in [0, 0.1) is 17.8 Å². The summed E-state index contributed by atoms with van der Waals surface area (Å²) in [5.74, 6) is 2.40. The van der Waals surface area contributed by atoms with Crippen LogP contribution in [0.2, 0.25) is 0 Å². The minimum atomic E-state index is -0.255. The van der Waals surface area contributed by atoms with Gasteiger partial charge in [-0.25, -0.2) is 4.68 Å². The Morgan fingerprint density at radius 2 is 2.08 bits per heavy atom. The highest BCUT2D eigenvalue weighted by molar-refractivity contribution is 5.75. The van der Waals surface area contributed by atoms with Crippen LogP contribution in [0.15, 0.2) is 29.1 Å². The van der Waals surface area contributed by atoms with Crippen LogP contribution in [0.1, 0.15) is 12.8 Å². The van der Waals surface area contributed by atoms with E-state index in [1.807, 2.05) is 0 Å². The molecule has 7 nitrogen and oxygen atoms in total. The summed E-state index contributed by atoms with van der Waals surface area (Å²) in [5.41, 5.74) is -0.255. The molecule has 1 amide bonds. The molecule has 1 saturated carbocycles. The molecule has 0 aromatic carbocycles. The Morgan fingerprint density at radius 1 is 1.24 bits per heavy atom. The summed E-state index contributed by atoms with van der Waals surface area (Å²) < 4.78 is 6.59. The predicted molar refractivity (Wildman–Crippen MR) is 93.4 cm³/mol. The van der Waals surface area contributed by atoms with Gasteiger partial charge >= 0.3 is 0 Å². The van der Waals surface area contributed by atoms with Crippen molar-refractivity contribution in [2.24, 2.45) is 17.8 Å². The van der Waals surface area contributed by atoms with Crippen molar-refractivity contribution in [3.05, 3.63) is 34.6 Å². The van der Waals surface area contributed by atoms with Gasteiger partial charge in [0.25, 0.3) is 5.56 Å². The van der Waals surface area contributed by atoms with E-state index in [4.69, 9.17) is 4.74 Å². The summed E-state index contributed by atoms with van der Waals surface area (Å²) in [6, 6.07) is 3.19. The quantitative estimate of drug-likeness (QED) is 0.783. The molecule has 0 unspecified atom stereocenters. The van der Waals surface area contributed by atoms with E-state index in [9.17, 15) is 9.59 Å². The maximum absolute atomic E-state index is 12.3. The molecule has 0 spiro atoms. The number of fused-ring (bicyclic) bond motifs is 2. The fraction of sp³-hybridized carbons (Fsp3) is 0.611. The SMILES string of the molecule is O=C(Cn1nc(N2CCOCC2)ccc1=O)NC[C@@H]1C[C@H]2C=C[C@@H]1C2. The Hall–Kier alpha value is -2.15.